The van der Waals surface area contributed by atoms with Gasteiger partial charge >= 0.3 is 0 Å². The quantitative estimate of drug-likeness (QED) is 0.678. The van der Waals surface area contributed by atoms with Crippen LogP contribution in [0.25, 0.3) is 11.0 Å². The number of nitrogens with zero attached hydrogens (tertiary/aromatic N) is 2. The summed E-state index contributed by atoms with van der Waals surface area (Å²) in [7, 11) is 1.57. The van der Waals surface area contributed by atoms with Crippen LogP contribution in [0, 0.1) is 10.1 Å². The number of fused-ring (bicyclic) bond motifs is 3. The lowest BCUT2D eigenvalue weighted by atomic mass is 9.86. The van der Waals surface area contributed by atoms with Gasteiger partial charge in [-0.25, -0.2) is 4.98 Å². The van der Waals surface area contributed by atoms with Gasteiger partial charge in [-0.05, 0) is 25.3 Å². The molecule has 0 saturated heterocycles. The summed E-state index contributed by atoms with van der Waals surface area (Å²) in [6.07, 6.45) is 2.76. The minimum Gasteiger partial charge on any atom is -0.481 e. The van der Waals surface area contributed by atoms with Crippen LogP contribution in [-0.2, 0) is 6.42 Å². The van der Waals surface area contributed by atoms with Crippen LogP contribution in [0.4, 0.5) is 0 Å². The lowest BCUT2D eigenvalue weighted by Gasteiger charge is -2.19. The monoisotopic (exact) mass is 261 g/mol. The highest BCUT2D eigenvalue weighted by molar-refractivity contribution is 5.82. The third-order valence-corrected chi connectivity index (χ3v) is 3.70. The molecule has 100 valence electrons. The molecule has 0 radical (unpaired) electrons. The number of pyridine rings is 1. The zero-order valence-electron chi connectivity index (χ0n) is 10.7. The first-order chi connectivity index (χ1) is 9.19. The van der Waals surface area contributed by atoms with Crippen molar-refractivity contribution in [1.29, 1.82) is 0 Å². The number of methoxy groups -OCH3 is 1. The van der Waals surface area contributed by atoms with Crippen molar-refractivity contribution in [3.05, 3.63) is 33.5 Å². The Labute approximate surface area is 109 Å². The highest BCUT2D eigenvalue weighted by atomic mass is 16.6. The molecule has 0 aliphatic heterocycles. The summed E-state index contributed by atoms with van der Waals surface area (Å²) in [5, 5.41) is 10.8. The molecule has 2 aromatic rings. The van der Waals surface area contributed by atoms with Gasteiger partial charge in [0.15, 0.2) is 0 Å². The number of hydrogen-bond acceptors (Lipinski definition) is 4. The maximum atomic E-state index is 10.8. The Bertz CT molecular complexity index is 635. The molecule has 1 atom stereocenters. The number of aromatic nitrogens is 2. The van der Waals surface area contributed by atoms with E-state index < -0.39 is 0 Å². The minimum atomic E-state index is -0.237. The average Bonchev–Trinajstić information content (AvgIpc) is 2.76. The second-order valence-corrected chi connectivity index (χ2v) is 4.87. The molecule has 0 spiro atoms. The topological polar surface area (TPSA) is 81.0 Å². The Morgan fingerprint density at radius 1 is 1.58 bits per heavy atom. The van der Waals surface area contributed by atoms with E-state index in [1.54, 1.807) is 13.2 Å². The normalized spacial score (nSPS) is 18.3. The van der Waals surface area contributed by atoms with Crippen LogP contribution in [-0.4, -0.2) is 28.5 Å². The molecule has 0 bridgehead atoms. The minimum absolute atomic E-state index is 0.0289. The molecule has 1 N–H and O–H groups in total. The summed E-state index contributed by atoms with van der Waals surface area (Å²) < 4.78 is 5.14. The predicted molar refractivity (Wildman–Crippen MR) is 70.2 cm³/mol. The predicted octanol–water partition coefficient (Wildman–Crippen LogP) is 2.27. The zero-order chi connectivity index (χ0) is 13.4. The van der Waals surface area contributed by atoms with Gasteiger partial charge in [0.1, 0.15) is 0 Å². The largest absolute Gasteiger partial charge is 0.481 e. The SMILES string of the molecule is COc1ccc2[nH]c3c(c2n1)C(C[N+](=O)[O-])CCC3. The molecule has 3 rings (SSSR count). The van der Waals surface area contributed by atoms with Crippen molar-refractivity contribution in [2.75, 3.05) is 13.7 Å². The highest BCUT2D eigenvalue weighted by Crippen LogP contribution is 2.36. The molecule has 0 fully saturated rings. The van der Waals surface area contributed by atoms with E-state index in [0.29, 0.717) is 5.88 Å². The first-order valence-corrected chi connectivity index (χ1v) is 6.36. The van der Waals surface area contributed by atoms with Crippen LogP contribution < -0.4 is 4.74 Å². The van der Waals surface area contributed by atoms with Crippen LogP contribution >= 0.6 is 0 Å². The standard InChI is InChI=1S/C13H15N3O3/c1-19-11-6-5-10-13(15-11)12-8(7-16(17)18)3-2-4-9(12)14-10/h5-6,8,14H,2-4,7H2,1H3. The molecule has 6 nitrogen and oxygen atoms in total. The van der Waals surface area contributed by atoms with E-state index in [1.165, 1.54) is 0 Å². The van der Waals surface area contributed by atoms with Crippen molar-refractivity contribution >= 4 is 11.0 Å². The van der Waals surface area contributed by atoms with Gasteiger partial charge in [0, 0.05) is 22.2 Å². The van der Waals surface area contributed by atoms with Gasteiger partial charge in [0.2, 0.25) is 12.4 Å². The summed E-state index contributed by atoms with van der Waals surface area (Å²) in [6, 6.07) is 3.72. The fourth-order valence-electron chi connectivity index (χ4n) is 2.90. The zero-order valence-corrected chi connectivity index (χ0v) is 10.7. The Hall–Kier alpha value is -2.11. The van der Waals surface area contributed by atoms with Gasteiger partial charge in [-0.15, -0.1) is 0 Å². The summed E-state index contributed by atoms with van der Waals surface area (Å²) in [6.45, 7) is -0.0289. The van der Waals surface area contributed by atoms with E-state index in [1.807, 2.05) is 6.07 Å². The van der Waals surface area contributed by atoms with Crippen LogP contribution in [0.3, 0.4) is 0 Å². The second-order valence-electron chi connectivity index (χ2n) is 4.87. The maximum Gasteiger partial charge on any atom is 0.213 e. The first kappa shape index (κ1) is 12.0. The molecule has 0 amide bonds. The molecular formula is C13H15N3O3. The van der Waals surface area contributed by atoms with Gasteiger partial charge in [0.05, 0.1) is 24.1 Å². The lowest BCUT2D eigenvalue weighted by Crippen LogP contribution is -2.17. The third kappa shape index (κ3) is 2.03. The van der Waals surface area contributed by atoms with Crippen molar-refractivity contribution in [3.63, 3.8) is 0 Å². The van der Waals surface area contributed by atoms with Crippen molar-refractivity contribution in [2.45, 2.75) is 25.2 Å². The number of nitrogens with one attached hydrogen (secondary N) is 1. The van der Waals surface area contributed by atoms with Gasteiger partial charge < -0.3 is 9.72 Å². The van der Waals surface area contributed by atoms with E-state index in [4.69, 9.17) is 4.74 Å². The molecule has 1 aliphatic rings. The average molecular weight is 261 g/mol. The molecule has 2 heterocycles. The van der Waals surface area contributed by atoms with Crippen LogP contribution in [0.1, 0.15) is 30.0 Å². The number of nitro groups is 1. The Morgan fingerprint density at radius 2 is 2.42 bits per heavy atom. The Morgan fingerprint density at radius 3 is 3.16 bits per heavy atom. The Kier molecular flexibility index (Phi) is 2.85. The van der Waals surface area contributed by atoms with E-state index >= 15 is 0 Å². The van der Waals surface area contributed by atoms with Gasteiger partial charge in [-0.3, -0.25) is 10.1 Å². The molecule has 2 aromatic heterocycles. The van der Waals surface area contributed by atoms with E-state index in [2.05, 4.69) is 9.97 Å². The van der Waals surface area contributed by atoms with Crippen molar-refractivity contribution in [2.24, 2.45) is 0 Å². The number of H-pyrrole nitrogens is 1. The molecule has 1 aliphatic carbocycles. The fraction of sp³-hybridized carbons (Fsp3) is 0.462. The van der Waals surface area contributed by atoms with Gasteiger partial charge in [-0.2, -0.15) is 0 Å². The molecule has 0 saturated carbocycles. The van der Waals surface area contributed by atoms with Crippen molar-refractivity contribution in [1.82, 2.24) is 9.97 Å². The van der Waals surface area contributed by atoms with Crippen molar-refractivity contribution < 1.29 is 9.66 Å². The van der Waals surface area contributed by atoms with E-state index in [-0.39, 0.29) is 17.4 Å². The summed E-state index contributed by atoms with van der Waals surface area (Å²) in [5.41, 5.74) is 3.85. The number of hydrogen-bond donors (Lipinski definition) is 1. The molecule has 1 unspecified atom stereocenters. The lowest BCUT2D eigenvalue weighted by molar-refractivity contribution is -0.483. The van der Waals surface area contributed by atoms with Crippen LogP contribution in [0.5, 0.6) is 5.88 Å². The number of aryl methyl sites for hydroxylation is 1. The van der Waals surface area contributed by atoms with Gasteiger partial charge in [-0.1, -0.05) is 0 Å². The summed E-state index contributed by atoms with van der Waals surface area (Å²) in [4.78, 5) is 18.3. The second kappa shape index (κ2) is 4.53. The van der Waals surface area contributed by atoms with Crippen LogP contribution in [0.2, 0.25) is 0 Å². The van der Waals surface area contributed by atoms with E-state index in [9.17, 15) is 10.1 Å². The van der Waals surface area contributed by atoms with Crippen molar-refractivity contribution in [3.8, 4) is 5.88 Å². The number of rotatable bonds is 3. The Balaban J connectivity index is 2.14. The number of ether oxygens (including phenoxy) is 1. The first-order valence-electron chi connectivity index (χ1n) is 6.36. The smallest absolute Gasteiger partial charge is 0.213 e. The van der Waals surface area contributed by atoms with Gasteiger partial charge in [0.25, 0.3) is 0 Å². The molecule has 0 aromatic carbocycles. The maximum absolute atomic E-state index is 10.8. The highest BCUT2D eigenvalue weighted by Gasteiger charge is 2.29. The molecular weight excluding hydrogens is 246 g/mol. The summed E-state index contributed by atoms with van der Waals surface area (Å²) >= 11 is 0. The fourth-order valence-corrected chi connectivity index (χ4v) is 2.90. The third-order valence-electron chi connectivity index (χ3n) is 3.70. The van der Waals surface area contributed by atoms with E-state index in [0.717, 1.165) is 41.6 Å². The molecule has 6 heteroatoms. The molecule has 19 heavy (non-hydrogen) atoms. The van der Waals surface area contributed by atoms with Crippen LogP contribution in [0.15, 0.2) is 12.1 Å². The number of aromatic amines is 1. The summed E-state index contributed by atoms with van der Waals surface area (Å²) in [5.74, 6) is 0.492.